The van der Waals surface area contributed by atoms with Gasteiger partial charge in [-0.1, -0.05) is 12.2 Å². The van der Waals surface area contributed by atoms with E-state index in [0.29, 0.717) is 0 Å². The third kappa shape index (κ3) is 5.49. The third-order valence-electron chi connectivity index (χ3n) is 0.945. The molecular weight excluding hydrogens is 128 g/mol. The van der Waals surface area contributed by atoms with Gasteiger partial charge in [0.2, 0.25) is 0 Å². The molecule has 0 fully saturated rings. The van der Waals surface area contributed by atoms with Gasteiger partial charge in [0.1, 0.15) is 0 Å². The second-order valence-electron chi connectivity index (χ2n) is 1.83. The summed E-state index contributed by atoms with van der Waals surface area (Å²) in [6.07, 6.45) is 3.67. The zero-order valence-corrected chi connectivity index (χ0v) is 6.79. The molecule has 52 valence electrons. The Labute approximate surface area is 58.2 Å². The van der Waals surface area contributed by atoms with Crippen LogP contribution in [0.3, 0.4) is 0 Å². The number of nitrogens with one attached hydrogen (secondary N) is 1. The summed E-state index contributed by atoms with van der Waals surface area (Å²) in [5, 5.41) is 5.68. The van der Waals surface area contributed by atoms with Crippen molar-refractivity contribution in [2.75, 3.05) is 6.54 Å². The lowest BCUT2D eigenvalue weighted by Gasteiger charge is -2.05. The second-order valence-corrected chi connectivity index (χ2v) is 3.92. The number of hydrogen-bond donors (Lipinski definition) is 2. The fraction of sp³-hybridized carbons (Fsp3) is 0.333. The lowest BCUT2D eigenvalue weighted by Crippen LogP contribution is -2.42. The minimum atomic E-state index is -1.16. The van der Waals surface area contributed by atoms with Gasteiger partial charge in [0.05, 0.1) is 0 Å². The van der Waals surface area contributed by atoms with Crippen molar-refractivity contribution in [3.05, 3.63) is 25.3 Å². The van der Waals surface area contributed by atoms with Crippen molar-refractivity contribution < 1.29 is 0 Å². The Hall–Kier alpha value is -0.383. The monoisotopic (exact) mass is 142 g/mol. The van der Waals surface area contributed by atoms with Gasteiger partial charge >= 0.3 is 0 Å². The van der Waals surface area contributed by atoms with Crippen molar-refractivity contribution >= 4 is 9.12 Å². The molecule has 0 rings (SSSR count). The predicted molar refractivity (Wildman–Crippen MR) is 44.5 cm³/mol. The molecule has 0 aromatic rings. The molecule has 0 saturated carbocycles. The van der Waals surface area contributed by atoms with Crippen LogP contribution in [0.4, 0.5) is 0 Å². The van der Waals surface area contributed by atoms with Gasteiger partial charge < -0.3 is 10.4 Å². The van der Waals surface area contributed by atoms with Crippen molar-refractivity contribution in [1.82, 2.24) is 4.98 Å². The zero-order valence-electron chi connectivity index (χ0n) is 5.64. The van der Waals surface area contributed by atoms with Crippen LogP contribution in [0.15, 0.2) is 25.3 Å². The highest BCUT2D eigenvalue weighted by molar-refractivity contribution is 6.52. The first-order valence-corrected chi connectivity index (χ1v) is 5.08. The van der Waals surface area contributed by atoms with Gasteiger partial charge in [-0.3, -0.25) is 0 Å². The van der Waals surface area contributed by atoms with E-state index in [9.17, 15) is 0 Å². The van der Waals surface area contributed by atoms with Crippen molar-refractivity contribution in [3.63, 3.8) is 0 Å². The molecule has 1 unspecified atom stereocenters. The summed E-state index contributed by atoms with van der Waals surface area (Å²) >= 11 is 0. The molecule has 0 amide bonds. The van der Waals surface area contributed by atoms with E-state index in [1.165, 1.54) is 0 Å². The maximum Gasteiger partial charge on any atom is 0.185 e. The molecule has 3 N–H and O–H groups in total. The molecule has 0 aliphatic carbocycles. The molecule has 9 heavy (non-hydrogen) atoms. The Morgan fingerprint density at radius 2 is 2.11 bits per heavy atom. The molecule has 0 radical (unpaired) electrons. The van der Waals surface area contributed by atoms with Crippen LogP contribution in [0.5, 0.6) is 0 Å². The Kier molecular flexibility index (Phi) is 5.50. The molecule has 0 aliphatic heterocycles. The van der Waals surface area contributed by atoms with Crippen LogP contribution in [-0.4, -0.2) is 15.7 Å². The van der Waals surface area contributed by atoms with Crippen LogP contribution in [-0.2, 0) is 0 Å². The molecule has 0 bridgehead atoms. The van der Waals surface area contributed by atoms with E-state index in [4.69, 9.17) is 5.40 Å². The van der Waals surface area contributed by atoms with Gasteiger partial charge in [-0.25, -0.2) is 0 Å². The average Bonchev–Trinajstić information content (AvgIpc) is 1.85. The molecule has 0 aliphatic rings. The van der Waals surface area contributed by atoms with E-state index in [-0.39, 0.29) is 0 Å². The van der Waals surface area contributed by atoms with E-state index in [1.807, 2.05) is 12.2 Å². The Morgan fingerprint density at radius 1 is 1.44 bits per heavy atom. The van der Waals surface area contributed by atoms with Crippen LogP contribution in [0, 0.1) is 0 Å². The number of hydrogen-bond acceptors (Lipinski definition) is 2. The zero-order chi connectivity index (χ0) is 7.11. The quantitative estimate of drug-likeness (QED) is 0.423. The van der Waals surface area contributed by atoms with Gasteiger partial charge in [0, 0.05) is 6.54 Å². The summed E-state index contributed by atoms with van der Waals surface area (Å²) < 4.78 is 0. The topological polar surface area (TPSA) is 38.0 Å². The van der Waals surface area contributed by atoms with Crippen LogP contribution in [0.25, 0.3) is 0 Å². The molecule has 2 nitrogen and oxygen atoms in total. The van der Waals surface area contributed by atoms with E-state index in [1.54, 1.807) is 0 Å². The average molecular weight is 142 g/mol. The summed E-state index contributed by atoms with van der Waals surface area (Å²) in [7, 11) is -1.16. The molecule has 3 heteroatoms. The van der Waals surface area contributed by atoms with E-state index in [0.717, 1.165) is 12.6 Å². The van der Waals surface area contributed by atoms with E-state index in [2.05, 4.69) is 18.1 Å². The van der Waals surface area contributed by atoms with Gasteiger partial charge in [-0.15, -0.1) is 13.2 Å². The smallest absolute Gasteiger partial charge is 0.185 e. The number of allylic oxidation sites excluding steroid dienone is 1. The van der Waals surface area contributed by atoms with Crippen molar-refractivity contribution in [2.24, 2.45) is 5.40 Å². The fourth-order valence-corrected chi connectivity index (χ4v) is 1.49. The van der Waals surface area contributed by atoms with Crippen molar-refractivity contribution in [2.45, 2.75) is 6.04 Å². The summed E-state index contributed by atoms with van der Waals surface area (Å²) in [5.74, 6) is 0. The van der Waals surface area contributed by atoms with Gasteiger partial charge in [-0.2, -0.15) is 0 Å². The number of nitrogens with two attached hydrogens (primary N) is 1. The van der Waals surface area contributed by atoms with Crippen molar-refractivity contribution in [1.29, 1.82) is 0 Å². The summed E-state index contributed by atoms with van der Waals surface area (Å²) in [6.45, 7) is 7.99. The fourth-order valence-electron chi connectivity index (χ4n) is 0.498. The molecule has 0 aromatic carbocycles. The first-order chi connectivity index (χ1) is 4.31. The van der Waals surface area contributed by atoms with E-state index < -0.39 is 9.12 Å². The molecule has 0 spiro atoms. The Morgan fingerprint density at radius 3 is 2.56 bits per heavy atom. The normalized spacial score (nSPS) is 12.6. The minimum absolute atomic E-state index is 0.821. The first kappa shape index (κ1) is 8.62. The third-order valence-corrected chi connectivity index (χ3v) is 2.55. The van der Waals surface area contributed by atoms with Crippen LogP contribution in [0.1, 0.15) is 0 Å². The highest BCUT2D eigenvalue weighted by atomic mass is 28.3. The van der Waals surface area contributed by atoms with Crippen molar-refractivity contribution in [3.8, 4) is 0 Å². The highest BCUT2D eigenvalue weighted by Gasteiger charge is 1.96. The Balaban J connectivity index is 3.14. The van der Waals surface area contributed by atoms with Gasteiger partial charge in [0.25, 0.3) is 0 Å². The number of rotatable bonds is 5. The SMILES string of the molecule is C=CCN[SiH](N)CC=C. The molecular formula is C6H14N2Si. The Bertz CT molecular complexity index is 93.1. The molecule has 0 saturated heterocycles. The lowest BCUT2D eigenvalue weighted by molar-refractivity contribution is 1.05. The largest absolute Gasteiger partial charge is 0.341 e. The first-order valence-electron chi connectivity index (χ1n) is 3.02. The molecule has 0 heterocycles. The van der Waals surface area contributed by atoms with Crippen LogP contribution < -0.4 is 10.4 Å². The lowest BCUT2D eigenvalue weighted by atomic mass is 10.7. The van der Waals surface area contributed by atoms with Gasteiger partial charge in [-0.05, 0) is 6.04 Å². The highest BCUT2D eigenvalue weighted by Crippen LogP contribution is 1.79. The predicted octanol–water partition coefficient (Wildman–Crippen LogP) is 0.127. The second kappa shape index (κ2) is 5.75. The molecule has 1 atom stereocenters. The summed E-state index contributed by atoms with van der Waals surface area (Å²) in [5.41, 5.74) is 0. The van der Waals surface area contributed by atoms with Gasteiger partial charge in [0.15, 0.2) is 9.12 Å². The van der Waals surface area contributed by atoms with Crippen LogP contribution in [0.2, 0.25) is 6.04 Å². The summed E-state index contributed by atoms with van der Waals surface area (Å²) in [6, 6.07) is 0.938. The minimum Gasteiger partial charge on any atom is -0.341 e. The van der Waals surface area contributed by atoms with Crippen LogP contribution >= 0.6 is 0 Å². The maximum atomic E-state index is 5.68. The molecule has 0 aromatic heterocycles. The van der Waals surface area contributed by atoms with E-state index >= 15 is 0 Å². The summed E-state index contributed by atoms with van der Waals surface area (Å²) in [4.78, 5) is 3.16. The maximum absolute atomic E-state index is 5.68. The standard InChI is InChI=1S/C6H14N2Si/c1-3-5-8-9(7)6-4-2/h3-4,8-9H,1-2,5-7H2.